The van der Waals surface area contributed by atoms with E-state index < -0.39 is 0 Å². The Bertz CT molecular complexity index is 478. The third-order valence-corrected chi connectivity index (χ3v) is 4.08. The fourth-order valence-corrected chi connectivity index (χ4v) is 2.82. The van der Waals surface area contributed by atoms with Crippen molar-refractivity contribution in [3.8, 4) is 5.75 Å². The number of aliphatic hydroxyl groups is 1. The molecule has 0 aliphatic carbocycles. The molecule has 2 amide bonds. The Balaban J connectivity index is 1.91. The van der Waals surface area contributed by atoms with Crippen LogP contribution in [0.5, 0.6) is 5.75 Å². The smallest absolute Gasteiger partial charge is 0.317 e. The lowest BCUT2D eigenvalue weighted by Gasteiger charge is -2.24. The number of methoxy groups -OCH3 is 1. The summed E-state index contributed by atoms with van der Waals surface area (Å²) in [5.74, 6) is 1.01. The summed E-state index contributed by atoms with van der Waals surface area (Å²) in [7, 11) is 1.65. The van der Waals surface area contributed by atoms with Crippen LogP contribution in [0.3, 0.4) is 0 Å². The fraction of sp³-hybridized carbons (Fsp3) is 0.562. The van der Waals surface area contributed by atoms with Gasteiger partial charge in [-0.15, -0.1) is 0 Å². The zero-order valence-corrected chi connectivity index (χ0v) is 12.7. The maximum atomic E-state index is 12.2. The molecule has 1 aliphatic rings. The van der Waals surface area contributed by atoms with Crippen LogP contribution < -0.4 is 10.1 Å². The molecular weight excluding hydrogens is 268 g/mol. The quantitative estimate of drug-likeness (QED) is 0.872. The number of likely N-dealkylation sites (tertiary alicyclic amines) is 1. The van der Waals surface area contributed by atoms with Crippen molar-refractivity contribution in [3.63, 3.8) is 0 Å². The molecule has 1 aromatic rings. The molecule has 2 N–H and O–H groups in total. The Labute approximate surface area is 125 Å². The minimum Gasteiger partial charge on any atom is -0.496 e. The molecule has 2 rings (SSSR count). The van der Waals surface area contributed by atoms with E-state index in [1.165, 1.54) is 0 Å². The molecule has 21 heavy (non-hydrogen) atoms. The first-order valence-corrected chi connectivity index (χ1v) is 7.45. The number of nitrogens with zero attached hydrogens (tertiary/aromatic N) is 1. The van der Waals surface area contributed by atoms with E-state index in [1.807, 2.05) is 24.3 Å². The normalized spacial score (nSPS) is 19.4. The SMILES string of the molecule is COc1ccccc1C(C)CNC(=O)N1CCCC1CO. The Hall–Kier alpha value is -1.75. The number of hydrogen-bond donors (Lipinski definition) is 2. The molecule has 0 bridgehead atoms. The molecule has 2 atom stereocenters. The van der Waals surface area contributed by atoms with Gasteiger partial charge in [0.1, 0.15) is 5.75 Å². The average molecular weight is 292 g/mol. The van der Waals surface area contributed by atoms with E-state index in [2.05, 4.69) is 12.2 Å². The summed E-state index contributed by atoms with van der Waals surface area (Å²) in [5.41, 5.74) is 1.08. The van der Waals surface area contributed by atoms with Crippen molar-refractivity contribution < 1.29 is 14.6 Å². The zero-order valence-electron chi connectivity index (χ0n) is 12.7. The number of aliphatic hydroxyl groups excluding tert-OH is 1. The van der Waals surface area contributed by atoms with E-state index in [0.717, 1.165) is 30.7 Å². The Morgan fingerprint density at radius 1 is 1.52 bits per heavy atom. The van der Waals surface area contributed by atoms with E-state index in [4.69, 9.17) is 4.74 Å². The largest absolute Gasteiger partial charge is 0.496 e. The molecule has 5 nitrogen and oxygen atoms in total. The van der Waals surface area contributed by atoms with Crippen LogP contribution in [0.1, 0.15) is 31.2 Å². The summed E-state index contributed by atoms with van der Waals surface area (Å²) in [6.07, 6.45) is 1.84. The van der Waals surface area contributed by atoms with Crippen molar-refractivity contribution in [2.24, 2.45) is 0 Å². The lowest BCUT2D eigenvalue weighted by atomic mass is 10.0. The van der Waals surface area contributed by atoms with Crippen molar-refractivity contribution in [1.82, 2.24) is 10.2 Å². The van der Waals surface area contributed by atoms with Crippen molar-refractivity contribution in [3.05, 3.63) is 29.8 Å². The molecule has 0 spiro atoms. The molecule has 2 unspecified atom stereocenters. The lowest BCUT2D eigenvalue weighted by molar-refractivity contribution is 0.157. The highest BCUT2D eigenvalue weighted by Gasteiger charge is 2.28. The first-order valence-electron chi connectivity index (χ1n) is 7.45. The second-order valence-corrected chi connectivity index (χ2v) is 5.50. The fourth-order valence-electron chi connectivity index (χ4n) is 2.82. The number of ether oxygens (including phenoxy) is 1. The third kappa shape index (κ3) is 3.67. The zero-order chi connectivity index (χ0) is 15.2. The van der Waals surface area contributed by atoms with Gasteiger partial charge in [0, 0.05) is 19.0 Å². The van der Waals surface area contributed by atoms with Crippen molar-refractivity contribution in [2.45, 2.75) is 31.7 Å². The van der Waals surface area contributed by atoms with Crippen molar-refractivity contribution in [2.75, 3.05) is 26.8 Å². The monoisotopic (exact) mass is 292 g/mol. The summed E-state index contributed by atoms with van der Waals surface area (Å²) in [6, 6.07) is 7.72. The number of nitrogens with one attached hydrogen (secondary N) is 1. The van der Waals surface area contributed by atoms with Gasteiger partial charge < -0.3 is 20.1 Å². The maximum Gasteiger partial charge on any atom is 0.317 e. The summed E-state index contributed by atoms with van der Waals surface area (Å²) in [6.45, 7) is 3.37. The van der Waals surface area contributed by atoms with Crippen LogP contribution in [0.15, 0.2) is 24.3 Å². The van der Waals surface area contributed by atoms with Crippen LogP contribution in [0.25, 0.3) is 0 Å². The second-order valence-electron chi connectivity index (χ2n) is 5.50. The van der Waals surface area contributed by atoms with Crippen LogP contribution >= 0.6 is 0 Å². The van der Waals surface area contributed by atoms with Crippen molar-refractivity contribution >= 4 is 6.03 Å². The third-order valence-electron chi connectivity index (χ3n) is 4.08. The van der Waals surface area contributed by atoms with E-state index in [0.29, 0.717) is 6.54 Å². The number of rotatable bonds is 5. The summed E-state index contributed by atoms with van der Waals surface area (Å²) < 4.78 is 5.35. The molecule has 5 heteroatoms. The van der Waals surface area contributed by atoms with E-state index in [9.17, 15) is 9.90 Å². The van der Waals surface area contributed by atoms with Gasteiger partial charge in [-0.25, -0.2) is 4.79 Å². The second kappa shape index (κ2) is 7.31. The maximum absolute atomic E-state index is 12.2. The van der Waals surface area contributed by atoms with Gasteiger partial charge in [0.15, 0.2) is 0 Å². The molecule has 1 saturated heterocycles. The highest BCUT2D eigenvalue weighted by molar-refractivity contribution is 5.75. The number of carbonyl (C=O) groups is 1. The summed E-state index contributed by atoms with van der Waals surface area (Å²) in [4.78, 5) is 13.9. The summed E-state index contributed by atoms with van der Waals surface area (Å²) >= 11 is 0. The number of benzene rings is 1. The van der Waals surface area contributed by atoms with Gasteiger partial charge in [-0.2, -0.15) is 0 Å². The highest BCUT2D eigenvalue weighted by Crippen LogP contribution is 2.25. The molecule has 1 aliphatic heterocycles. The minimum atomic E-state index is -0.0895. The first kappa shape index (κ1) is 15.6. The predicted octanol–water partition coefficient (Wildman–Crippen LogP) is 1.97. The van der Waals surface area contributed by atoms with E-state index in [-0.39, 0.29) is 24.6 Å². The molecule has 116 valence electrons. The lowest BCUT2D eigenvalue weighted by Crippen LogP contribution is -2.45. The summed E-state index contributed by atoms with van der Waals surface area (Å²) in [5, 5.41) is 12.2. The minimum absolute atomic E-state index is 0.0356. The molecule has 1 fully saturated rings. The van der Waals surface area contributed by atoms with Gasteiger partial charge in [-0.05, 0) is 24.5 Å². The van der Waals surface area contributed by atoms with Gasteiger partial charge in [0.2, 0.25) is 0 Å². The highest BCUT2D eigenvalue weighted by atomic mass is 16.5. The molecule has 1 heterocycles. The van der Waals surface area contributed by atoms with Crippen LogP contribution in [-0.2, 0) is 0 Å². The van der Waals surface area contributed by atoms with Gasteiger partial charge in [-0.3, -0.25) is 0 Å². The van der Waals surface area contributed by atoms with Gasteiger partial charge in [-0.1, -0.05) is 25.1 Å². The van der Waals surface area contributed by atoms with Crippen LogP contribution in [0.2, 0.25) is 0 Å². The first-order chi connectivity index (χ1) is 10.2. The number of amides is 2. The molecule has 1 aromatic carbocycles. The number of hydrogen-bond acceptors (Lipinski definition) is 3. The van der Waals surface area contributed by atoms with Crippen LogP contribution in [0.4, 0.5) is 4.79 Å². The molecule has 0 saturated carbocycles. The predicted molar refractivity (Wildman–Crippen MR) is 81.6 cm³/mol. The van der Waals surface area contributed by atoms with E-state index >= 15 is 0 Å². The molecule has 0 aromatic heterocycles. The Morgan fingerprint density at radius 3 is 3.00 bits per heavy atom. The average Bonchev–Trinajstić information content (AvgIpc) is 3.00. The van der Waals surface area contributed by atoms with Crippen LogP contribution in [0, 0.1) is 0 Å². The van der Waals surface area contributed by atoms with Crippen LogP contribution in [-0.4, -0.2) is 48.9 Å². The Kier molecular flexibility index (Phi) is 5.44. The number of carbonyl (C=O) groups excluding carboxylic acids is 1. The van der Waals surface area contributed by atoms with Gasteiger partial charge >= 0.3 is 6.03 Å². The standard InChI is InChI=1S/C16H24N2O3/c1-12(14-7-3-4-8-15(14)21-2)10-17-16(20)18-9-5-6-13(18)11-19/h3-4,7-8,12-13,19H,5-6,9-11H2,1-2H3,(H,17,20). The number of urea groups is 1. The topological polar surface area (TPSA) is 61.8 Å². The molecular formula is C16H24N2O3. The van der Waals surface area contributed by atoms with Gasteiger partial charge in [0.05, 0.1) is 19.8 Å². The number of para-hydroxylation sites is 1. The van der Waals surface area contributed by atoms with Gasteiger partial charge in [0.25, 0.3) is 0 Å². The molecule has 0 radical (unpaired) electrons. The van der Waals surface area contributed by atoms with E-state index in [1.54, 1.807) is 12.0 Å². The van der Waals surface area contributed by atoms with Crippen molar-refractivity contribution in [1.29, 1.82) is 0 Å². The Morgan fingerprint density at radius 2 is 2.29 bits per heavy atom.